The number of pyridine rings is 2. The van der Waals surface area contributed by atoms with Crippen molar-refractivity contribution >= 4 is 29.2 Å². The molecule has 5 heteroatoms. The van der Waals surface area contributed by atoms with Crippen molar-refractivity contribution in [3.8, 4) is 0 Å². The second-order valence-electron chi connectivity index (χ2n) is 3.62. The first-order chi connectivity index (χ1) is 8.79. The Bertz CT molecular complexity index is 519. The van der Waals surface area contributed by atoms with E-state index in [0.29, 0.717) is 5.02 Å². The Labute approximate surface area is 116 Å². The lowest BCUT2D eigenvalue weighted by atomic mass is 10.4. The first-order valence-electron chi connectivity index (χ1n) is 5.72. The second-order valence-corrected chi connectivity index (χ2v) is 4.99. The molecular weight excluding hydrogens is 266 g/mol. The number of aromatic nitrogens is 2. The van der Waals surface area contributed by atoms with Gasteiger partial charge < -0.3 is 5.32 Å². The highest BCUT2D eigenvalue weighted by molar-refractivity contribution is 7.98. The summed E-state index contributed by atoms with van der Waals surface area (Å²) in [5.41, 5.74) is 1.01. The highest BCUT2D eigenvalue weighted by Crippen LogP contribution is 2.26. The van der Waals surface area contributed by atoms with Gasteiger partial charge in [-0.1, -0.05) is 29.4 Å². The summed E-state index contributed by atoms with van der Waals surface area (Å²) in [4.78, 5) is 8.74. The fraction of sp³-hybridized carbons (Fsp3) is 0.231. The van der Waals surface area contributed by atoms with Crippen molar-refractivity contribution < 1.29 is 0 Å². The summed E-state index contributed by atoms with van der Waals surface area (Å²) in [6.45, 7) is 2.92. The maximum absolute atomic E-state index is 6.06. The van der Waals surface area contributed by atoms with Crippen molar-refractivity contribution in [2.75, 3.05) is 11.9 Å². The smallest absolute Gasteiger partial charge is 0.126 e. The molecule has 0 aliphatic heterocycles. The van der Waals surface area contributed by atoms with Crippen LogP contribution in [0.3, 0.4) is 0 Å². The Hall–Kier alpha value is -1.26. The summed E-state index contributed by atoms with van der Waals surface area (Å²) in [5.74, 6) is 1.67. The Morgan fingerprint density at radius 1 is 1.28 bits per heavy atom. The van der Waals surface area contributed by atoms with E-state index >= 15 is 0 Å². The highest BCUT2D eigenvalue weighted by atomic mass is 35.5. The van der Waals surface area contributed by atoms with Crippen molar-refractivity contribution in [1.82, 2.24) is 9.97 Å². The maximum atomic E-state index is 6.06. The molecule has 0 unspecified atom stereocenters. The fourth-order valence-corrected chi connectivity index (χ4v) is 2.53. The molecule has 2 heterocycles. The van der Waals surface area contributed by atoms with Crippen LogP contribution in [0, 0.1) is 0 Å². The molecule has 2 aromatic rings. The van der Waals surface area contributed by atoms with Crippen LogP contribution >= 0.6 is 23.4 Å². The summed E-state index contributed by atoms with van der Waals surface area (Å²) in [5, 5.41) is 4.72. The molecule has 0 amide bonds. The Morgan fingerprint density at radius 2 is 2.17 bits per heavy atom. The molecular formula is C13H14ClN3S. The van der Waals surface area contributed by atoms with Gasteiger partial charge in [-0.25, -0.2) is 9.97 Å². The van der Waals surface area contributed by atoms with Crippen LogP contribution < -0.4 is 5.32 Å². The zero-order valence-corrected chi connectivity index (χ0v) is 11.6. The van der Waals surface area contributed by atoms with Crippen LogP contribution in [-0.2, 0) is 5.75 Å². The predicted molar refractivity (Wildman–Crippen MR) is 77.2 cm³/mol. The van der Waals surface area contributed by atoms with Gasteiger partial charge in [0, 0.05) is 18.5 Å². The van der Waals surface area contributed by atoms with Gasteiger partial charge in [0.2, 0.25) is 0 Å². The average molecular weight is 280 g/mol. The summed E-state index contributed by atoms with van der Waals surface area (Å²) in [7, 11) is 0. The van der Waals surface area contributed by atoms with Gasteiger partial charge >= 0.3 is 0 Å². The zero-order valence-electron chi connectivity index (χ0n) is 10.1. The predicted octanol–water partition coefficient (Wildman–Crippen LogP) is 3.85. The molecule has 1 N–H and O–H groups in total. The number of thioether (sulfide) groups is 1. The van der Waals surface area contributed by atoms with Gasteiger partial charge in [-0.15, -0.1) is 0 Å². The van der Waals surface area contributed by atoms with Crippen LogP contribution in [0.5, 0.6) is 0 Å². The molecule has 0 aromatic carbocycles. The first-order valence-corrected chi connectivity index (χ1v) is 7.09. The first kappa shape index (κ1) is 13.2. The van der Waals surface area contributed by atoms with Crippen LogP contribution in [0.4, 0.5) is 5.82 Å². The van der Waals surface area contributed by atoms with Crippen LogP contribution in [0.25, 0.3) is 0 Å². The standard InChI is InChI=1S/C13H14ClN3S/c1-2-15-12-7-3-5-10(17-12)9-18-13-11(14)6-4-8-16-13/h3-8H,2,9H2,1H3,(H,15,17). The maximum Gasteiger partial charge on any atom is 0.126 e. The topological polar surface area (TPSA) is 37.8 Å². The van der Waals surface area contributed by atoms with Crippen molar-refractivity contribution in [2.45, 2.75) is 17.7 Å². The number of nitrogens with one attached hydrogen (secondary N) is 1. The molecule has 0 radical (unpaired) electrons. The van der Waals surface area contributed by atoms with E-state index in [0.717, 1.165) is 28.8 Å². The van der Waals surface area contributed by atoms with E-state index in [1.54, 1.807) is 18.0 Å². The molecule has 0 saturated carbocycles. The van der Waals surface area contributed by atoms with E-state index in [9.17, 15) is 0 Å². The van der Waals surface area contributed by atoms with Crippen LogP contribution in [0.2, 0.25) is 5.02 Å². The summed E-state index contributed by atoms with van der Waals surface area (Å²) < 4.78 is 0. The summed E-state index contributed by atoms with van der Waals surface area (Å²) in [6.07, 6.45) is 1.75. The molecule has 0 aliphatic rings. The molecule has 0 saturated heterocycles. The summed E-state index contributed by atoms with van der Waals surface area (Å²) in [6, 6.07) is 9.65. The van der Waals surface area contributed by atoms with Crippen LogP contribution in [0.1, 0.15) is 12.6 Å². The largest absolute Gasteiger partial charge is 0.370 e. The Balaban J connectivity index is 2.02. The van der Waals surface area contributed by atoms with Gasteiger partial charge in [0.1, 0.15) is 10.8 Å². The molecule has 3 nitrogen and oxygen atoms in total. The molecule has 18 heavy (non-hydrogen) atoms. The normalized spacial score (nSPS) is 10.3. The molecule has 0 atom stereocenters. The van der Waals surface area contributed by atoms with E-state index in [-0.39, 0.29) is 0 Å². The van der Waals surface area contributed by atoms with E-state index in [1.807, 2.05) is 30.3 Å². The van der Waals surface area contributed by atoms with E-state index in [2.05, 4.69) is 22.2 Å². The number of hydrogen-bond acceptors (Lipinski definition) is 4. The molecule has 0 spiro atoms. The number of nitrogens with zero attached hydrogens (tertiary/aromatic N) is 2. The third kappa shape index (κ3) is 3.62. The van der Waals surface area contributed by atoms with Crippen molar-refractivity contribution in [2.24, 2.45) is 0 Å². The molecule has 0 bridgehead atoms. The third-order valence-electron chi connectivity index (χ3n) is 2.25. The fourth-order valence-electron chi connectivity index (χ4n) is 1.46. The number of hydrogen-bond donors (Lipinski definition) is 1. The lowest BCUT2D eigenvalue weighted by molar-refractivity contribution is 1.10. The third-order valence-corrected chi connectivity index (χ3v) is 3.70. The van der Waals surface area contributed by atoms with E-state index in [1.165, 1.54) is 0 Å². The van der Waals surface area contributed by atoms with Gasteiger partial charge in [-0.3, -0.25) is 0 Å². The van der Waals surface area contributed by atoms with Crippen molar-refractivity contribution in [3.05, 3.63) is 47.2 Å². The lowest BCUT2D eigenvalue weighted by Crippen LogP contribution is -2.00. The second kappa shape index (κ2) is 6.61. The van der Waals surface area contributed by atoms with Gasteiger partial charge in [-0.2, -0.15) is 0 Å². The lowest BCUT2D eigenvalue weighted by Gasteiger charge is -2.05. The SMILES string of the molecule is CCNc1cccc(CSc2ncccc2Cl)n1. The minimum Gasteiger partial charge on any atom is -0.370 e. The molecule has 2 rings (SSSR count). The quantitative estimate of drug-likeness (QED) is 0.844. The molecule has 0 fully saturated rings. The van der Waals surface area contributed by atoms with Gasteiger partial charge in [0.15, 0.2) is 0 Å². The molecule has 94 valence electrons. The molecule has 0 aliphatic carbocycles. The van der Waals surface area contributed by atoms with Gasteiger partial charge in [0.25, 0.3) is 0 Å². The van der Waals surface area contributed by atoms with Gasteiger partial charge in [-0.05, 0) is 31.2 Å². The monoisotopic (exact) mass is 279 g/mol. The van der Waals surface area contributed by atoms with Crippen LogP contribution in [-0.4, -0.2) is 16.5 Å². The summed E-state index contributed by atoms with van der Waals surface area (Å²) >= 11 is 7.65. The van der Waals surface area contributed by atoms with E-state index in [4.69, 9.17) is 11.6 Å². The van der Waals surface area contributed by atoms with Crippen LogP contribution in [0.15, 0.2) is 41.6 Å². The zero-order chi connectivity index (χ0) is 12.8. The Kier molecular flexibility index (Phi) is 4.84. The van der Waals surface area contributed by atoms with Crippen molar-refractivity contribution in [3.63, 3.8) is 0 Å². The number of halogens is 1. The number of rotatable bonds is 5. The number of anilines is 1. The average Bonchev–Trinajstić information content (AvgIpc) is 2.39. The molecule has 2 aromatic heterocycles. The minimum absolute atomic E-state index is 0.685. The minimum atomic E-state index is 0.685. The van der Waals surface area contributed by atoms with E-state index < -0.39 is 0 Å². The highest BCUT2D eigenvalue weighted by Gasteiger charge is 2.03. The van der Waals surface area contributed by atoms with Crippen molar-refractivity contribution in [1.29, 1.82) is 0 Å². The van der Waals surface area contributed by atoms with Gasteiger partial charge in [0.05, 0.1) is 10.7 Å². The Morgan fingerprint density at radius 3 is 2.94 bits per heavy atom.